The van der Waals surface area contributed by atoms with Gasteiger partial charge in [-0.1, -0.05) is 26.0 Å². The van der Waals surface area contributed by atoms with E-state index in [4.69, 9.17) is 9.47 Å². The van der Waals surface area contributed by atoms with Crippen LogP contribution in [-0.4, -0.2) is 31.8 Å². The van der Waals surface area contributed by atoms with Crippen LogP contribution in [0.5, 0.6) is 5.75 Å². The van der Waals surface area contributed by atoms with Gasteiger partial charge < -0.3 is 14.8 Å². The highest BCUT2D eigenvalue weighted by atomic mass is 16.5. The fourth-order valence-electron chi connectivity index (χ4n) is 3.69. The minimum atomic E-state index is -0.191. The molecule has 0 aromatic heterocycles. The molecule has 2 atom stereocenters. The Bertz CT molecular complexity index is 551. The molecular weight excluding hydrogens is 314 g/mol. The first-order valence-corrected chi connectivity index (χ1v) is 9.38. The number of hydrogen-bond donors (Lipinski definition) is 1. The third-order valence-corrected chi connectivity index (χ3v) is 5.17. The fraction of sp³-hybridized carbons (Fsp3) is 0.667. The number of carbonyl (C=O) groups is 1. The predicted molar refractivity (Wildman–Crippen MR) is 101 cm³/mol. The Morgan fingerprint density at radius 1 is 1.32 bits per heavy atom. The van der Waals surface area contributed by atoms with Gasteiger partial charge in [0.2, 0.25) is 5.91 Å². The highest BCUT2D eigenvalue weighted by molar-refractivity contribution is 5.78. The summed E-state index contributed by atoms with van der Waals surface area (Å²) in [7, 11) is 1.68. The summed E-state index contributed by atoms with van der Waals surface area (Å²) in [4.78, 5) is 12.5. The van der Waals surface area contributed by atoms with Crippen LogP contribution in [0.3, 0.4) is 0 Å². The number of methoxy groups -OCH3 is 1. The predicted octanol–water partition coefficient (Wildman–Crippen LogP) is 4.15. The maximum absolute atomic E-state index is 12.5. The topological polar surface area (TPSA) is 47.6 Å². The van der Waals surface area contributed by atoms with E-state index in [0.717, 1.165) is 25.0 Å². The molecule has 1 fully saturated rings. The number of nitrogens with one attached hydrogen (secondary N) is 1. The second-order valence-electron chi connectivity index (χ2n) is 8.00. The molecule has 0 spiro atoms. The highest BCUT2D eigenvalue weighted by Gasteiger charge is 2.32. The van der Waals surface area contributed by atoms with E-state index in [9.17, 15) is 4.79 Å². The number of benzene rings is 1. The van der Waals surface area contributed by atoms with Gasteiger partial charge in [-0.3, -0.25) is 4.79 Å². The SMILES string of the molecule is COc1ccc([C@@H](CCNC(=O)[C@H]2CCOC(C)(C)C2)C(C)C)cc1. The van der Waals surface area contributed by atoms with Crippen molar-refractivity contribution >= 4 is 5.91 Å². The molecule has 140 valence electrons. The highest BCUT2D eigenvalue weighted by Crippen LogP contribution is 2.30. The average molecular weight is 347 g/mol. The van der Waals surface area contributed by atoms with Gasteiger partial charge >= 0.3 is 0 Å². The molecule has 0 bridgehead atoms. The number of carbonyl (C=O) groups excluding carboxylic acids is 1. The van der Waals surface area contributed by atoms with Crippen LogP contribution in [0.2, 0.25) is 0 Å². The Balaban J connectivity index is 1.87. The van der Waals surface area contributed by atoms with Gasteiger partial charge in [-0.05, 0) is 62.6 Å². The van der Waals surface area contributed by atoms with Crippen molar-refractivity contribution in [2.75, 3.05) is 20.3 Å². The van der Waals surface area contributed by atoms with Gasteiger partial charge in [-0.15, -0.1) is 0 Å². The second kappa shape index (κ2) is 8.70. The summed E-state index contributed by atoms with van der Waals surface area (Å²) < 4.78 is 10.9. The van der Waals surface area contributed by atoms with Crippen LogP contribution < -0.4 is 10.1 Å². The second-order valence-corrected chi connectivity index (χ2v) is 8.00. The molecule has 1 aliphatic rings. The lowest BCUT2D eigenvalue weighted by Crippen LogP contribution is -2.41. The lowest BCUT2D eigenvalue weighted by atomic mass is 9.85. The van der Waals surface area contributed by atoms with E-state index >= 15 is 0 Å². The number of rotatable bonds is 7. The van der Waals surface area contributed by atoms with E-state index in [1.54, 1.807) is 7.11 Å². The molecule has 0 radical (unpaired) electrons. The van der Waals surface area contributed by atoms with Gasteiger partial charge in [-0.25, -0.2) is 0 Å². The van der Waals surface area contributed by atoms with Crippen molar-refractivity contribution in [2.45, 2.75) is 58.5 Å². The largest absolute Gasteiger partial charge is 0.497 e. The molecule has 1 heterocycles. The number of amides is 1. The zero-order valence-electron chi connectivity index (χ0n) is 16.3. The van der Waals surface area contributed by atoms with E-state index in [2.05, 4.69) is 45.1 Å². The quantitative estimate of drug-likeness (QED) is 0.806. The van der Waals surface area contributed by atoms with Gasteiger partial charge in [-0.2, -0.15) is 0 Å². The first kappa shape index (κ1) is 19.8. The Morgan fingerprint density at radius 2 is 2.00 bits per heavy atom. The summed E-state index contributed by atoms with van der Waals surface area (Å²) in [5.41, 5.74) is 1.11. The van der Waals surface area contributed by atoms with Gasteiger partial charge in [0, 0.05) is 19.1 Å². The zero-order valence-corrected chi connectivity index (χ0v) is 16.3. The Morgan fingerprint density at radius 3 is 2.56 bits per heavy atom. The van der Waals surface area contributed by atoms with Crippen molar-refractivity contribution in [3.63, 3.8) is 0 Å². The molecule has 4 nitrogen and oxygen atoms in total. The summed E-state index contributed by atoms with van der Waals surface area (Å²) in [6.45, 7) is 9.97. The van der Waals surface area contributed by atoms with Crippen molar-refractivity contribution < 1.29 is 14.3 Å². The molecule has 1 saturated heterocycles. The third-order valence-electron chi connectivity index (χ3n) is 5.17. The third kappa shape index (κ3) is 5.74. The minimum absolute atomic E-state index is 0.0715. The Kier molecular flexibility index (Phi) is 6.88. The van der Waals surface area contributed by atoms with Gasteiger partial charge in [0.15, 0.2) is 0 Å². The monoisotopic (exact) mass is 347 g/mol. The normalized spacial score (nSPS) is 21.0. The fourth-order valence-corrected chi connectivity index (χ4v) is 3.69. The van der Waals surface area contributed by atoms with E-state index < -0.39 is 0 Å². The van der Waals surface area contributed by atoms with Gasteiger partial charge in [0.25, 0.3) is 0 Å². The van der Waals surface area contributed by atoms with Crippen molar-refractivity contribution in [3.8, 4) is 5.75 Å². The summed E-state index contributed by atoms with van der Waals surface area (Å²) in [6.07, 6.45) is 2.56. The first-order valence-electron chi connectivity index (χ1n) is 9.38. The standard InChI is InChI=1S/C21H33NO3/c1-15(2)19(16-6-8-18(24-5)9-7-16)10-12-22-20(23)17-11-13-25-21(3,4)14-17/h6-9,15,17,19H,10-14H2,1-5H3,(H,22,23)/t17-,19-/m0/s1. The van der Waals surface area contributed by atoms with E-state index in [1.165, 1.54) is 5.56 Å². The molecule has 0 unspecified atom stereocenters. The van der Waals surface area contributed by atoms with Crippen LogP contribution in [0, 0.1) is 11.8 Å². The van der Waals surface area contributed by atoms with E-state index in [1.807, 2.05) is 12.1 Å². The van der Waals surface area contributed by atoms with Crippen LogP contribution in [0.25, 0.3) is 0 Å². The molecule has 4 heteroatoms. The molecule has 25 heavy (non-hydrogen) atoms. The molecule has 1 aromatic carbocycles. The Hall–Kier alpha value is -1.55. The van der Waals surface area contributed by atoms with E-state index in [-0.39, 0.29) is 17.4 Å². The van der Waals surface area contributed by atoms with Crippen LogP contribution in [0.1, 0.15) is 58.4 Å². The summed E-state index contributed by atoms with van der Waals surface area (Å²) in [6, 6.07) is 8.28. The van der Waals surface area contributed by atoms with Crippen LogP contribution in [0.15, 0.2) is 24.3 Å². The lowest BCUT2D eigenvalue weighted by Gasteiger charge is -2.34. The maximum Gasteiger partial charge on any atom is 0.223 e. The van der Waals surface area contributed by atoms with E-state index in [0.29, 0.717) is 25.0 Å². The van der Waals surface area contributed by atoms with Gasteiger partial charge in [0.05, 0.1) is 12.7 Å². The summed E-state index contributed by atoms with van der Waals surface area (Å²) in [5.74, 6) is 2.07. The molecule has 1 aromatic rings. The average Bonchev–Trinajstić information content (AvgIpc) is 2.57. The van der Waals surface area contributed by atoms with Crippen molar-refractivity contribution in [2.24, 2.45) is 11.8 Å². The Labute approximate surface area is 152 Å². The van der Waals surface area contributed by atoms with Crippen LogP contribution in [-0.2, 0) is 9.53 Å². The molecule has 0 saturated carbocycles. The van der Waals surface area contributed by atoms with Crippen molar-refractivity contribution in [3.05, 3.63) is 29.8 Å². The van der Waals surface area contributed by atoms with Crippen molar-refractivity contribution in [1.82, 2.24) is 5.32 Å². The summed E-state index contributed by atoms with van der Waals surface area (Å²) in [5, 5.41) is 3.15. The molecule has 1 aliphatic heterocycles. The smallest absolute Gasteiger partial charge is 0.223 e. The van der Waals surface area contributed by atoms with Crippen molar-refractivity contribution in [1.29, 1.82) is 0 Å². The lowest BCUT2D eigenvalue weighted by molar-refractivity contribution is -0.135. The molecule has 1 amide bonds. The minimum Gasteiger partial charge on any atom is -0.497 e. The van der Waals surface area contributed by atoms with Crippen LogP contribution in [0.4, 0.5) is 0 Å². The molecule has 1 N–H and O–H groups in total. The first-order chi connectivity index (χ1) is 11.8. The number of hydrogen-bond acceptors (Lipinski definition) is 3. The molecular formula is C21H33NO3. The van der Waals surface area contributed by atoms with Crippen LogP contribution >= 0.6 is 0 Å². The molecule has 2 rings (SSSR count). The molecule has 0 aliphatic carbocycles. The zero-order chi connectivity index (χ0) is 18.4. The van der Waals surface area contributed by atoms with Gasteiger partial charge in [0.1, 0.15) is 5.75 Å². The summed E-state index contributed by atoms with van der Waals surface area (Å²) >= 11 is 0. The number of ether oxygens (including phenoxy) is 2. The maximum atomic E-state index is 12.5.